The molecule has 2 aliphatic heterocycles. The molecule has 2 bridgehead atoms. The Morgan fingerprint density at radius 3 is 2.45 bits per heavy atom. The minimum Gasteiger partial charge on any atom is -0.387 e. The van der Waals surface area contributed by atoms with Gasteiger partial charge < -0.3 is 5.11 Å². The molecule has 2 heterocycles. The van der Waals surface area contributed by atoms with Gasteiger partial charge in [-0.1, -0.05) is 29.8 Å². The van der Waals surface area contributed by atoms with Crippen molar-refractivity contribution in [2.24, 2.45) is 0 Å². The molecule has 1 aromatic carbocycles. The van der Waals surface area contributed by atoms with Crippen molar-refractivity contribution in [3.05, 3.63) is 35.4 Å². The Morgan fingerprint density at radius 2 is 1.77 bits per heavy atom. The third kappa shape index (κ3) is 3.37. The maximum atomic E-state index is 10.5. The van der Waals surface area contributed by atoms with Crippen LogP contribution in [-0.2, 0) is 0 Å². The molecular weight excluding hydrogens is 272 g/mol. The molecule has 2 aliphatic rings. The van der Waals surface area contributed by atoms with Gasteiger partial charge in [-0.25, -0.2) is 0 Å². The summed E-state index contributed by atoms with van der Waals surface area (Å²) in [6.45, 7) is 9.72. The summed E-state index contributed by atoms with van der Waals surface area (Å²) in [5.74, 6) is 0. The molecule has 3 rings (SSSR count). The van der Waals surface area contributed by atoms with Crippen LogP contribution < -0.4 is 0 Å². The Kier molecular flexibility index (Phi) is 4.86. The lowest BCUT2D eigenvalue weighted by Gasteiger charge is -2.32. The maximum absolute atomic E-state index is 10.5. The zero-order valence-electron chi connectivity index (χ0n) is 14.2. The molecule has 0 spiro atoms. The number of aliphatic hydroxyl groups is 1. The van der Waals surface area contributed by atoms with E-state index >= 15 is 0 Å². The first-order chi connectivity index (χ1) is 10.5. The van der Waals surface area contributed by atoms with E-state index in [4.69, 9.17) is 0 Å². The molecule has 0 saturated carbocycles. The molecule has 3 nitrogen and oxygen atoms in total. The van der Waals surface area contributed by atoms with Crippen LogP contribution in [0.3, 0.4) is 0 Å². The predicted molar refractivity (Wildman–Crippen MR) is 91.0 cm³/mol. The average molecular weight is 302 g/mol. The molecule has 3 unspecified atom stereocenters. The van der Waals surface area contributed by atoms with E-state index in [1.54, 1.807) is 0 Å². The van der Waals surface area contributed by atoms with Gasteiger partial charge in [0.05, 0.1) is 6.10 Å². The van der Waals surface area contributed by atoms with E-state index in [1.165, 1.54) is 24.8 Å². The van der Waals surface area contributed by atoms with Crippen molar-refractivity contribution < 1.29 is 5.11 Å². The highest BCUT2D eigenvalue weighted by Crippen LogP contribution is 2.32. The minimum atomic E-state index is -0.371. The monoisotopic (exact) mass is 302 g/mol. The van der Waals surface area contributed by atoms with Gasteiger partial charge in [0.15, 0.2) is 0 Å². The summed E-state index contributed by atoms with van der Waals surface area (Å²) in [4.78, 5) is 5.20. The maximum Gasteiger partial charge on any atom is 0.0916 e. The number of aryl methyl sites for hydroxylation is 1. The summed E-state index contributed by atoms with van der Waals surface area (Å²) in [7, 11) is 0. The van der Waals surface area contributed by atoms with Crippen molar-refractivity contribution in [1.29, 1.82) is 0 Å². The molecule has 122 valence electrons. The number of benzene rings is 1. The molecule has 0 aliphatic carbocycles. The van der Waals surface area contributed by atoms with Crippen LogP contribution >= 0.6 is 0 Å². The van der Waals surface area contributed by atoms with Crippen molar-refractivity contribution in [3.63, 3.8) is 0 Å². The number of likely N-dealkylation sites (tertiary alicyclic amines) is 1. The number of β-amino-alcohol motifs (C(OH)–C–C–N with tert-alkyl or cyclic N) is 1. The van der Waals surface area contributed by atoms with Crippen LogP contribution in [0.5, 0.6) is 0 Å². The first-order valence-electron chi connectivity index (χ1n) is 8.79. The van der Waals surface area contributed by atoms with Gasteiger partial charge in [-0.3, -0.25) is 9.80 Å². The van der Waals surface area contributed by atoms with Crippen molar-refractivity contribution >= 4 is 0 Å². The van der Waals surface area contributed by atoms with E-state index in [-0.39, 0.29) is 6.10 Å². The van der Waals surface area contributed by atoms with E-state index in [0.29, 0.717) is 12.1 Å². The standard InChI is InChI=1S/C19H30N2O/c1-14(2)21-17-8-9-18(21)12-20(11-10-17)13-19(22)16-6-4-15(3)5-7-16/h4-7,14,17-19,22H,8-13H2,1-3H3. The molecule has 3 heteroatoms. The van der Waals surface area contributed by atoms with Crippen LogP contribution in [0.1, 0.15) is 50.3 Å². The molecule has 2 saturated heterocycles. The summed E-state index contributed by atoms with van der Waals surface area (Å²) >= 11 is 0. The summed E-state index contributed by atoms with van der Waals surface area (Å²) in [5.41, 5.74) is 2.29. The number of nitrogens with zero attached hydrogens (tertiary/aromatic N) is 2. The first kappa shape index (κ1) is 16.0. The van der Waals surface area contributed by atoms with E-state index in [0.717, 1.165) is 31.2 Å². The van der Waals surface area contributed by atoms with Crippen molar-refractivity contribution in [1.82, 2.24) is 9.80 Å². The van der Waals surface area contributed by atoms with Crippen LogP contribution in [0.15, 0.2) is 24.3 Å². The summed E-state index contributed by atoms with van der Waals surface area (Å²) in [6, 6.07) is 10.4. The van der Waals surface area contributed by atoms with E-state index < -0.39 is 0 Å². The van der Waals surface area contributed by atoms with Gasteiger partial charge in [-0.05, 0) is 52.1 Å². The Hall–Kier alpha value is -0.900. The number of aliphatic hydroxyl groups excluding tert-OH is 1. The highest BCUT2D eigenvalue weighted by Gasteiger charge is 2.38. The van der Waals surface area contributed by atoms with Crippen LogP contribution in [0.2, 0.25) is 0 Å². The summed E-state index contributed by atoms with van der Waals surface area (Å²) < 4.78 is 0. The fourth-order valence-corrected chi connectivity index (χ4v) is 4.33. The van der Waals surface area contributed by atoms with Gasteiger partial charge in [0.1, 0.15) is 0 Å². The SMILES string of the molecule is Cc1ccc(C(O)CN2CCC3CCC(C2)N3C(C)C)cc1. The smallest absolute Gasteiger partial charge is 0.0916 e. The molecule has 1 N–H and O–H groups in total. The lowest BCUT2D eigenvalue weighted by Crippen LogP contribution is -2.43. The average Bonchev–Trinajstić information content (AvgIpc) is 2.78. The summed E-state index contributed by atoms with van der Waals surface area (Å²) in [6.07, 6.45) is 3.55. The highest BCUT2D eigenvalue weighted by atomic mass is 16.3. The molecule has 0 aromatic heterocycles. The second-order valence-electron chi connectivity index (χ2n) is 7.40. The van der Waals surface area contributed by atoms with Crippen LogP contribution in [-0.4, -0.2) is 52.7 Å². The fraction of sp³-hybridized carbons (Fsp3) is 0.684. The second-order valence-corrected chi connectivity index (χ2v) is 7.40. The van der Waals surface area contributed by atoms with Crippen molar-refractivity contribution in [2.75, 3.05) is 19.6 Å². The first-order valence-corrected chi connectivity index (χ1v) is 8.79. The van der Waals surface area contributed by atoms with Crippen molar-refractivity contribution in [3.8, 4) is 0 Å². The Bertz CT molecular complexity index is 485. The number of rotatable bonds is 4. The molecule has 0 amide bonds. The third-order valence-corrected chi connectivity index (χ3v) is 5.41. The van der Waals surface area contributed by atoms with Gasteiger partial charge in [0, 0.05) is 31.2 Å². The van der Waals surface area contributed by atoms with Gasteiger partial charge >= 0.3 is 0 Å². The number of hydrogen-bond donors (Lipinski definition) is 1. The van der Waals surface area contributed by atoms with Gasteiger partial charge in [0.2, 0.25) is 0 Å². The van der Waals surface area contributed by atoms with Gasteiger partial charge in [-0.2, -0.15) is 0 Å². The Labute approximate surface area is 134 Å². The van der Waals surface area contributed by atoms with E-state index in [9.17, 15) is 5.11 Å². The van der Waals surface area contributed by atoms with Gasteiger partial charge in [-0.15, -0.1) is 0 Å². The second kappa shape index (κ2) is 6.69. The zero-order chi connectivity index (χ0) is 15.7. The lowest BCUT2D eigenvalue weighted by molar-refractivity contribution is 0.100. The lowest BCUT2D eigenvalue weighted by atomic mass is 10.1. The fourth-order valence-electron chi connectivity index (χ4n) is 4.33. The molecule has 3 atom stereocenters. The normalized spacial score (nSPS) is 28.0. The topological polar surface area (TPSA) is 26.7 Å². The molecule has 0 radical (unpaired) electrons. The molecule has 1 aromatic rings. The van der Waals surface area contributed by atoms with E-state index in [1.807, 2.05) is 0 Å². The number of hydrogen-bond acceptors (Lipinski definition) is 3. The predicted octanol–water partition coefficient (Wildman–Crippen LogP) is 2.98. The quantitative estimate of drug-likeness (QED) is 0.926. The highest BCUT2D eigenvalue weighted by molar-refractivity contribution is 5.23. The minimum absolute atomic E-state index is 0.371. The van der Waals surface area contributed by atoms with Gasteiger partial charge in [0.25, 0.3) is 0 Å². The van der Waals surface area contributed by atoms with Crippen LogP contribution in [0, 0.1) is 6.92 Å². The third-order valence-electron chi connectivity index (χ3n) is 5.41. The number of fused-ring (bicyclic) bond motifs is 2. The van der Waals surface area contributed by atoms with Crippen LogP contribution in [0.4, 0.5) is 0 Å². The van der Waals surface area contributed by atoms with Crippen LogP contribution in [0.25, 0.3) is 0 Å². The largest absolute Gasteiger partial charge is 0.387 e. The molecule has 22 heavy (non-hydrogen) atoms. The molecular formula is C19H30N2O. The zero-order valence-corrected chi connectivity index (χ0v) is 14.2. The van der Waals surface area contributed by atoms with Crippen molar-refractivity contribution in [2.45, 2.75) is 64.3 Å². The molecule has 2 fully saturated rings. The van der Waals surface area contributed by atoms with E-state index in [2.05, 4.69) is 54.8 Å². The summed E-state index contributed by atoms with van der Waals surface area (Å²) in [5, 5.41) is 10.5. The Balaban J connectivity index is 1.63. The Morgan fingerprint density at radius 1 is 1.09 bits per heavy atom.